The Hall–Kier alpha value is -0.460. The van der Waals surface area contributed by atoms with Crippen LogP contribution in [0.4, 0.5) is 0 Å². The zero-order valence-corrected chi connectivity index (χ0v) is 15.5. The fraction of sp³-hybridized carbons (Fsp3) is 0.562. The first-order valence-corrected chi connectivity index (χ1v) is 9.04. The lowest BCUT2D eigenvalue weighted by molar-refractivity contribution is -0.130. The lowest BCUT2D eigenvalue weighted by Gasteiger charge is -2.32. The fourth-order valence-corrected chi connectivity index (χ4v) is 3.54. The minimum absolute atomic E-state index is 0. The van der Waals surface area contributed by atoms with Gasteiger partial charge in [-0.05, 0) is 37.9 Å². The van der Waals surface area contributed by atoms with Gasteiger partial charge in [0.05, 0.1) is 16.9 Å². The van der Waals surface area contributed by atoms with Gasteiger partial charge in [-0.3, -0.25) is 4.79 Å². The zero-order chi connectivity index (χ0) is 15.8. The highest BCUT2D eigenvalue weighted by Crippen LogP contribution is 2.27. The van der Waals surface area contributed by atoms with E-state index < -0.39 is 0 Å². The molecule has 23 heavy (non-hydrogen) atoms. The van der Waals surface area contributed by atoms with Gasteiger partial charge in [0.25, 0.3) is 0 Å². The second kappa shape index (κ2) is 11.2. The molecule has 0 saturated carbocycles. The van der Waals surface area contributed by atoms with Crippen molar-refractivity contribution in [2.75, 3.05) is 32.0 Å². The third kappa shape index (κ3) is 6.89. The summed E-state index contributed by atoms with van der Waals surface area (Å²) in [5.41, 5.74) is 5.45. The van der Waals surface area contributed by atoms with Gasteiger partial charge < -0.3 is 15.4 Å². The minimum Gasteiger partial charge on any atom is -0.378 e. The lowest BCUT2D eigenvalue weighted by atomic mass is 10.1. The van der Waals surface area contributed by atoms with Crippen LogP contribution in [0.15, 0.2) is 29.2 Å². The van der Waals surface area contributed by atoms with Crippen molar-refractivity contribution in [3.8, 4) is 0 Å². The number of carbonyl (C=O) groups excluding carboxylic acids is 1. The van der Waals surface area contributed by atoms with Gasteiger partial charge in [0, 0.05) is 24.6 Å². The number of likely N-dealkylation sites (tertiary alicyclic amines) is 1. The third-order valence-electron chi connectivity index (χ3n) is 3.68. The normalized spacial score (nSPS) is 15.3. The van der Waals surface area contributed by atoms with E-state index in [-0.39, 0.29) is 24.4 Å². The number of halogens is 2. The molecule has 4 nitrogen and oxygen atoms in total. The Bertz CT molecular complexity index is 483. The predicted octanol–water partition coefficient (Wildman–Crippen LogP) is 3.21. The highest BCUT2D eigenvalue weighted by atomic mass is 35.5. The van der Waals surface area contributed by atoms with E-state index in [0.717, 1.165) is 43.9 Å². The van der Waals surface area contributed by atoms with Crippen molar-refractivity contribution in [3.05, 3.63) is 29.3 Å². The topological polar surface area (TPSA) is 55.6 Å². The molecule has 1 aromatic rings. The summed E-state index contributed by atoms with van der Waals surface area (Å²) in [6.07, 6.45) is 2.99. The summed E-state index contributed by atoms with van der Waals surface area (Å²) in [4.78, 5) is 15.1. The summed E-state index contributed by atoms with van der Waals surface area (Å²) in [5.74, 6) is 0.605. The number of hydrogen-bond acceptors (Lipinski definition) is 4. The second-order valence-corrected chi connectivity index (χ2v) is 6.74. The highest BCUT2D eigenvalue weighted by Gasteiger charge is 2.23. The van der Waals surface area contributed by atoms with Crippen molar-refractivity contribution < 1.29 is 9.53 Å². The lowest BCUT2D eigenvalue weighted by Crippen LogP contribution is -2.41. The molecule has 1 aliphatic rings. The summed E-state index contributed by atoms with van der Waals surface area (Å²) in [6.45, 7) is 2.93. The van der Waals surface area contributed by atoms with Crippen LogP contribution < -0.4 is 5.73 Å². The number of thioether (sulfide) groups is 1. The highest BCUT2D eigenvalue weighted by molar-refractivity contribution is 8.00. The van der Waals surface area contributed by atoms with E-state index in [1.165, 1.54) is 11.8 Å². The van der Waals surface area contributed by atoms with Gasteiger partial charge in [-0.15, -0.1) is 24.2 Å². The van der Waals surface area contributed by atoms with Crippen LogP contribution in [0.5, 0.6) is 0 Å². The zero-order valence-electron chi connectivity index (χ0n) is 13.1. The maximum atomic E-state index is 12.3. The van der Waals surface area contributed by atoms with Gasteiger partial charge in [0.1, 0.15) is 0 Å². The van der Waals surface area contributed by atoms with Gasteiger partial charge in [-0.1, -0.05) is 23.7 Å². The van der Waals surface area contributed by atoms with Crippen LogP contribution >= 0.6 is 35.8 Å². The van der Waals surface area contributed by atoms with Crippen molar-refractivity contribution in [1.82, 2.24) is 4.90 Å². The number of rotatable bonds is 7. The molecule has 7 heteroatoms. The van der Waals surface area contributed by atoms with E-state index in [2.05, 4.69) is 0 Å². The number of carbonyl (C=O) groups is 1. The molecule has 1 aliphatic heterocycles. The van der Waals surface area contributed by atoms with Crippen molar-refractivity contribution in [2.24, 2.45) is 5.73 Å². The van der Waals surface area contributed by atoms with Crippen LogP contribution in [0.1, 0.15) is 19.3 Å². The van der Waals surface area contributed by atoms with Crippen molar-refractivity contribution in [2.45, 2.75) is 30.3 Å². The van der Waals surface area contributed by atoms with Crippen LogP contribution in [-0.2, 0) is 9.53 Å². The smallest absolute Gasteiger partial charge is 0.232 e. The molecule has 1 heterocycles. The summed E-state index contributed by atoms with van der Waals surface area (Å²) >= 11 is 7.60. The number of ether oxygens (including phenoxy) is 1. The van der Waals surface area contributed by atoms with E-state index in [0.29, 0.717) is 17.3 Å². The first-order chi connectivity index (χ1) is 10.7. The first kappa shape index (κ1) is 20.6. The summed E-state index contributed by atoms with van der Waals surface area (Å²) in [6, 6.07) is 7.61. The molecule has 1 fully saturated rings. The molecule has 0 radical (unpaired) electrons. The SMILES string of the molecule is Cl.NCCCOC1CCN(C(=O)CSc2ccccc2Cl)CC1. The Morgan fingerprint density at radius 3 is 2.70 bits per heavy atom. The molecule has 1 aromatic carbocycles. The first-order valence-electron chi connectivity index (χ1n) is 7.67. The number of benzene rings is 1. The van der Waals surface area contributed by atoms with Gasteiger partial charge in [0.2, 0.25) is 5.91 Å². The van der Waals surface area contributed by atoms with E-state index >= 15 is 0 Å². The molecule has 0 spiro atoms. The largest absolute Gasteiger partial charge is 0.378 e. The molecule has 2 rings (SSSR count). The Labute approximate surface area is 153 Å². The number of nitrogens with zero attached hydrogens (tertiary/aromatic N) is 1. The molecule has 130 valence electrons. The van der Waals surface area contributed by atoms with Crippen molar-refractivity contribution in [1.29, 1.82) is 0 Å². The van der Waals surface area contributed by atoms with Crippen LogP contribution in [0.2, 0.25) is 5.02 Å². The Morgan fingerprint density at radius 1 is 1.35 bits per heavy atom. The summed E-state index contributed by atoms with van der Waals surface area (Å²) in [7, 11) is 0. The number of piperidine rings is 1. The summed E-state index contributed by atoms with van der Waals surface area (Å²) in [5, 5.41) is 0.701. The van der Waals surface area contributed by atoms with Crippen molar-refractivity contribution in [3.63, 3.8) is 0 Å². The van der Waals surface area contributed by atoms with Gasteiger partial charge in [-0.2, -0.15) is 0 Å². The average Bonchev–Trinajstić information content (AvgIpc) is 2.55. The molecule has 2 N–H and O–H groups in total. The molecule has 0 unspecified atom stereocenters. The maximum Gasteiger partial charge on any atom is 0.232 e. The third-order valence-corrected chi connectivity index (χ3v) is 5.18. The second-order valence-electron chi connectivity index (χ2n) is 5.31. The Morgan fingerprint density at radius 2 is 2.04 bits per heavy atom. The van der Waals surface area contributed by atoms with Crippen LogP contribution in [0.25, 0.3) is 0 Å². The molecule has 0 bridgehead atoms. The van der Waals surface area contributed by atoms with E-state index in [9.17, 15) is 4.79 Å². The van der Waals surface area contributed by atoms with Gasteiger partial charge >= 0.3 is 0 Å². The standard InChI is InChI=1S/C16H23ClN2O2S.ClH/c17-14-4-1-2-5-15(14)22-12-16(20)19-9-6-13(7-10-19)21-11-3-8-18;/h1-2,4-5,13H,3,6-12,18H2;1H. The number of hydrogen-bond donors (Lipinski definition) is 1. The minimum atomic E-state index is 0. The molecule has 0 aliphatic carbocycles. The molecule has 1 saturated heterocycles. The molecule has 1 amide bonds. The molecular weight excluding hydrogens is 355 g/mol. The Kier molecular flexibility index (Phi) is 9.99. The van der Waals surface area contributed by atoms with Gasteiger partial charge in [-0.25, -0.2) is 0 Å². The van der Waals surface area contributed by atoms with Crippen LogP contribution in [0, 0.1) is 0 Å². The fourth-order valence-electron chi connectivity index (χ4n) is 2.40. The van der Waals surface area contributed by atoms with Crippen LogP contribution in [-0.4, -0.2) is 48.9 Å². The molecule has 0 atom stereocenters. The van der Waals surface area contributed by atoms with Crippen molar-refractivity contribution >= 4 is 41.7 Å². The van der Waals surface area contributed by atoms with E-state index in [1.807, 2.05) is 29.2 Å². The van der Waals surface area contributed by atoms with Crippen LogP contribution in [0.3, 0.4) is 0 Å². The molecular formula is C16H24Cl2N2O2S. The molecule has 0 aromatic heterocycles. The quantitative estimate of drug-likeness (QED) is 0.584. The average molecular weight is 379 g/mol. The number of amides is 1. The monoisotopic (exact) mass is 378 g/mol. The number of nitrogens with two attached hydrogens (primary N) is 1. The van der Waals surface area contributed by atoms with Gasteiger partial charge in [0.15, 0.2) is 0 Å². The predicted molar refractivity (Wildman–Crippen MR) is 98.6 cm³/mol. The maximum absolute atomic E-state index is 12.3. The Balaban J connectivity index is 0.00000264. The van der Waals surface area contributed by atoms with E-state index in [1.54, 1.807) is 0 Å². The summed E-state index contributed by atoms with van der Waals surface area (Å²) < 4.78 is 5.76. The van der Waals surface area contributed by atoms with E-state index in [4.69, 9.17) is 22.1 Å².